The van der Waals surface area contributed by atoms with E-state index in [1.807, 2.05) is 42.5 Å². The lowest BCUT2D eigenvalue weighted by Crippen LogP contribution is -2.12. The predicted octanol–water partition coefficient (Wildman–Crippen LogP) is 4.60. The van der Waals surface area contributed by atoms with Crippen LogP contribution < -0.4 is 16.0 Å². The van der Waals surface area contributed by atoms with Crippen LogP contribution in [0.3, 0.4) is 0 Å². The van der Waals surface area contributed by atoms with Crippen LogP contribution in [0.5, 0.6) is 0 Å². The number of anilines is 2. The van der Waals surface area contributed by atoms with Crippen LogP contribution in [0.2, 0.25) is 0 Å². The molecule has 0 unspecified atom stereocenters. The van der Waals surface area contributed by atoms with Gasteiger partial charge in [0.05, 0.1) is 22.9 Å². The van der Waals surface area contributed by atoms with Gasteiger partial charge in [-0.1, -0.05) is 49.4 Å². The summed E-state index contributed by atoms with van der Waals surface area (Å²) in [6.07, 6.45) is 0. The Bertz CT molecular complexity index is 1140. The summed E-state index contributed by atoms with van der Waals surface area (Å²) in [4.78, 5) is 12.9. The molecule has 5 heteroatoms. The molecule has 30 heavy (non-hydrogen) atoms. The zero-order valence-corrected chi connectivity index (χ0v) is 16.7. The lowest BCUT2D eigenvalue weighted by Gasteiger charge is -2.15. The maximum absolute atomic E-state index is 12.9. The predicted molar refractivity (Wildman–Crippen MR) is 120 cm³/mol. The highest BCUT2D eigenvalue weighted by Gasteiger charge is 2.28. The van der Waals surface area contributed by atoms with Crippen LogP contribution in [-0.4, -0.2) is 12.5 Å². The standard InChI is InChI=1S/C25H22N4O/c1-2-27-16-17-8-11-20(12-9-17)28-24(19-6-4-3-5-7-19)23-21-14-18(15-26)10-13-22(21)29-25(23)30/h3-14,27-28H,2,16H2,1H3,(H,29,30)/b24-23-. The first-order chi connectivity index (χ1) is 14.7. The van der Waals surface area contributed by atoms with Crippen molar-refractivity contribution in [2.75, 3.05) is 17.2 Å². The maximum atomic E-state index is 12.9. The van der Waals surface area contributed by atoms with Crippen molar-refractivity contribution in [2.45, 2.75) is 13.5 Å². The quantitative estimate of drug-likeness (QED) is 0.534. The smallest absolute Gasteiger partial charge is 0.258 e. The number of hydrogen-bond donors (Lipinski definition) is 3. The summed E-state index contributed by atoms with van der Waals surface area (Å²) in [5, 5.41) is 19.0. The second kappa shape index (κ2) is 8.64. The minimum atomic E-state index is -0.185. The van der Waals surface area contributed by atoms with Crippen molar-refractivity contribution in [3.63, 3.8) is 0 Å². The number of hydrogen-bond acceptors (Lipinski definition) is 4. The van der Waals surface area contributed by atoms with Crippen LogP contribution >= 0.6 is 0 Å². The van der Waals surface area contributed by atoms with E-state index in [-0.39, 0.29) is 5.91 Å². The molecule has 0 saturated heterocycles. The van der Waals surface area contributed by atoms with Gasteiger partial charge in [-0.25, -0.2) is 0 Å². The maximum Gasteiger partial charge on any atom is 0.258 e. The molecule has 0 aliphatic carbocycles. The minimum absolute atomic E-state index is 0.185. The first-order valence-corrected chi connectivity index (χ1v) is 9.92. The summed E-state index contributed by atoms with van der Waals surface area (Å²) in [6.45, 7) is 3.82. The van der Waals surface area contributed by atoms with Gasteiger partial charge < -0.3 is 16.0 Å². The molecule has 1 aliphatic heterocycles. The Kier molecular flexibility index (Phi) is 5.60. The zero-order valence-electron chi connectivity index (χ0n) is 16.7. The van der Waals surface area contributed by atoms with Crippen molar-refractivity contribution in [3.8, 4) is 6.07 Å². The molecule has 4 rings (SSSR count). The number of carbonyl (C=O) groups is 1. The second-order valence-corrected chi connectivity index (χ2v) is 7.04. The van der Waals surface area contributed by atoms with Gasteiger partial charge >= 0.3 is 0 Å². The molecule has 1 heterocycles. The van der Waals surface area contributed by atoms with Gasteiger partial charge in [-0.2, -0.15) is 5.26 Å². The number of carbonyl (C=O) groups excluding carboxylic acids is 1. The summed E-state index contributed by atoms with van der Waals surface area (Å²) in [6, 6.07) is 25.3. The van der Waals surface area contributed by atoms with Crippen molar-refractivity contribution in [3.05, 3.63) is 95.1 Å². The lowest BCUT2D eigenvalue weighted by molar-refractivity contribution is -0.110. The van der Waals surface area contributed by atoms with Gasteiger partial charge in [0.2, 0.25) is 0 Å². The molecule has 0 spiro atoms. The molecule has 0 atom stereocenters. The SMILES string of the molecule is CCNCc1ccc(N/C(=C2\C(=O)Nc3ccc(C#N)cc32)c2ccccc2)cc1. The van der Waals surface area contributed by atoms with Crippen LogP contribution in [0.15, 0.2) is 72.8 Å². The molecule has 0 bridgehead atoms. The first-order valence-electron chi connectivity index (χ1n) is 9.92. The highest BCUT2D eigenvalue weighted by atomic mass is 16.2. The third-order valence-corrected chi connectivity index (χ3v) is 5.01. The van der Waals surface area contributed by atoms with E-state index >= 15 is 0 Å². The number of rotatable bonds is 6. The van der Waals surface area contributed by atoms with Crippen LogP contribution in [0.4, 0.5) is 11.4 Å². The first kappa shape index (κ1) is 19.4. The van der Waals surface area contributed by atoms with E-state index in [4.69, 9.17) is 0 Å². The van der Waals surface area contributed by atoms with Crippen LogP contribution in [0, 0.1) is 11.3 Å². The van der Waals surface area contributed by atoms with Crippen molar-refractivity contribution in [2.24, 2.45) is 0 Å². The summed E-state index contributed by atoms with van der Waals surface area (Å²) in [5.74, 6) is -0.185. The molecule has 0 aromatic heterocycles. The number of nitriles is 1. The Labute approximate surface area is 176 Å². The molecule has 0 saturated carbocycles. The Morgan fingerprint density at radius 1 is 1.03 bits per heavy atom. The molecule has 5 nitrogen and oxygen atoms in total. The number of benzene rings is 3. The summed E-state index contributed by atoms with van der Waals surface area (Å²) >= 11 is 0. The molecule has 1 aliphatic rings. The monoisotopic (exact) mass is 394 g/mol. The van der Waals surface area contributed by atoms with Gasteiger partial charge in [0, 0.05) is 23.5 Å². The molecule has 148 valence electrons. The van der Waals surface area contributed by atoms with Crippen LogP contribution in [0.25, 0.3) is 11.3 Å². The molecule has 1 amide bonds. The highest BCUT2D eigenvalue weighted by Crippen LogP contribution is 2.38. The molecule has 0 radical (unpaired) electrons. The third-order valence-electron chi connectivity index (χ3n) is 5.01. The Morgan fingerprint density at radius 2 is 1.80 bits per heavy atom. The number of fused-ring (bicyclic) bond motifs is 1. The molecule has 3 N–H and O–H groups in total. The van der Waals surface area contributed by atoms with Gasteiger partial charge in [-0.05, 0) is 48.0 Å². The summed E-state index contributed by atoms with van der Waals surface area (Å²) in [5.41, 5.74) is 6.18. The zero-order chi connectivity index (χ0) is 20.9. The van der Waals surface area contributed by atoms with E-state index in [1.165, 1.54) is 5.56 Å². The van der Waals surface area contributed by atoms with Gasteiger partial charge in [-0.15, -0.1) is 0 Å². The van der Waals surface area contributed by atoms with E-state index in [0.717, 1.165) is 29.9 Å². The topological polar surface area (TPSA) is 76.9 Å². The second-order valence-electron chi connectivity index (χ2n) is 7.04. The largest absolute Gasteiger partial charge is 0.354 e. The normalized spacial score (nSPS) is 13.9. The van der Waals surface area contributed by atoms with E-state index in [0.29, 0.717) is 22.5 Å². The summed E-state index contributed by atoms with van der Waals surface area (Å²) in [7, 11) is 0. The summed E-state index contributed by atoms with van der Waals surface area (Å²) < 4.78 is 0. The van der Waals surface area contributed by atoms with Gasteiger partial charge in [0.25, 0.3) is 5.91 Å². The van der Waals surface area contributed by atoms with Crippen molar-refractivity contribution in [1.82, 2.24) is 5.32 Å². The van der Waals surface area contributed by atoms with Crippen molar-refractivity contribution >= 4 is 28.6 Å². The fourth-order valence-electron chi connectivity index (χ4n) is 3.49. The van der Waals surface area contributed by atoms with E-state index in [1.54, 1.807) is 18.2 Å². The molecule has 3 aromatic rings. The number of nitrogens with zero attached hydrogens (tertiary/aromatic N) is 1. The van der Waals surface area contributed by atoms with Gasteiger partial charge in [0.15, 0.2) is 0 Å². The molecular formula is C25H22N4O. The van der Waals surface area contributed by atoms with Crippen LogP contribution in [-0.2, 0) is 11.3 Å². The lowest BCUT2D eigenvalue weighted by atomic mass is 9.98. The van der Waals surface area contributed by atoms with Gasteiger partial charge in [0.1, 0.15) is 0 Å². The highest BCUT2D eigenvalue weighted by molar-refractivity contribution is 6.37. The molecule has 0 fully saturated rings. The number of amides is 1. The van der Waals surface area contributed by atoms with Gasteiger partial charge in [-0.3, -0.25) is 4.79 Å². The van der Waals surface area contributed by atoms with E-state index in [9.17, 15) is 10.1 Å². The van der Waals surface area contributed by atoms with E-state index < -0.39 is 0 Å². The van der Waals surface area contributed by atoms with Crippen molar-refractivity contribution < 1.29 is 4.79 Å². The average molecular weight is 394 g/mol. The Morgan fingerprint density at radius 3 is 2.50 bits per heavy atom. The fourth-order valence-corrected chi connectivity index (χ4v) is 3.49. The molecular weight excluding hydrogens is 372 g/mol. The van der Waals surface area contributed by atoms with E-state index in [2.05, 4.69) is 41.1 Å². The molecule has 3 aromatic carbocycles. The van der Waals surface area contributed by atoms with Crippen molar-refractivity contribution in [1.29, 1.82) is 5.26 Å². The minimum Gasteiger partial charge on any atom is -0.354 e. The number of nitrogens with one attached hydrogen (secondary N) is 3. The Balaban J connectivity index is 1.79. The average Bonchev–Trinajstić information content (AvgIpc) is 3.12. The Hall–Kier alpha value is -3.88. The third kappa shape index (κ3) is 3.95. The van der Waals surface area contributed by atoms with Crippen LogP contribution in [0.1, 0.15) is 29.2 Å². The fraction of sp³-hybridized carbons (Fsp3) is 0.120.